The number of unbranched alkanes of at least 4 members (excludes halogenated alkanes) is 11. The molecule has 0 saturated heterocycles. The second-order valence-corrected chi connectivity index (χ2v) is 11.7. The molecule has 7 heteroatoms. The van der Waals surface area contributed by atoms with Crippen LogP contribution in [0.4, 0.5) is 5.69 Å². The van der Waals surface area contributed by atoms with E-state index in [1.807, 2.05) is 36.4 Å². The molecule has 0 unspecified atom stereocenters. The first-order chi connectivity index (χ1) is 18.5. The van der Waals surface area contributed by atoms with Gasteiger partial charge in [0.1, 0.15) is 5.75 Å². The SMILES string of the molecule is CCCCCCCCCCCCCCOc1ccc(NC(=O)c2cccc(C[n+]3csc(C)c3)c2)c(Cl)c1.[Br-]. The third-order valence-electron chi connectivity index (χ3n) is 6.73. The highest BCUT2D eigenvalue weighted by atomic mass is 79.9. The number of thiazole rings is 1. The zero-order valence-corrected chi connectivity index (χ0v) is 26.7. The van der Waals surface area contributed by atoms with E-state index in [1.54, 1.807) is 17.4 Å². The molecule has 3 rings (SSSR count). The van der Waals surface area contributed by atoms with E-state index in [4.69, 9.17) is 16.3 Å². The van der Waals surface area contributed by atoms with Crippen LogP contribution < -0.4 is 31.6 Å². The molecule has 0 radical (unpaired) electrons. The Morgan fingerprint density at radius 3 is 2.21 bits per heavy atom. The van der Waals surface area contributed by atoms with Gasteiger partial charge in [0.25, 0.3) is 5.91 Å². The van der Waals surface area contributed by atoms with E-state index in [9.17, 15) is 4.79 Å². The third-order valence-corrected chi connectivity index (χ3v) is 7.90. The molecule has 4 nitrogen and oxygen atoms in total. The van der Waals surface area contributed by atoms with Crippen LogP contribution in [0.5, 0.6) is 5.75 Å². The van der Waals surface area contributed by atoms with E-state index in [-0.39, 0.29) is 22.9 Å². The van der Waals surface area contributed by atoms with Crippen LogP contribution in [-0.4, -0.2) is 12.5 Å². The van der Waals surface area contributed by atoms with Crippen LogP contribution in [0.15, 0.2) is 54.2 Å². The quantitative estimate of drug-likeness (QED) is 0.130. The third kappa shape index (κ3) is 12.9. The van der Waals surface area contributed by atoms with Crippen LogP contribution in [0.25, 0.3) is 0 Å². The van der Waals surface area contributed by atoms with Gasteiger partial charge >= 0.3 is 0 Å². The second kappa shape index (κ2) is 19.2. The Kier molecular flexibility index (Phi) is 16.4. The molecule has 1 aromatic heterocycles. The lowest BCUT2D eigenvalue weighted by Crippen LogP contribution is -3.00. The van der Waals surface area contributed by atoms with Gasteiger partial charge in [0.15, 0.2) is 12.7 Å². The standard InChI is InChI=1S/C32H43ClN2O2S.BrH/c1-3-4-5-6-7-8-9-10-11-12-13-14-20-37-29-18-19-31(30(33)22-29)34-32(36)28-17-15-16-27(21-28)24-35-23-26(2)38-25-35;/h15-19,21-23,25H,3-14,20,24H2,1-2H3;1H. The number of carbonyl (C=O) groups is 1. The van der Waals surface area contributed by atoms with Crippen LogP contribution in [0.3, 0.4) is 0 Å². The van der Waals surface area contributed by atoms with Crippen molar-refractivity contribution >= 4 is 34.5 Å². The maximum atomic E-state index is 12.9. The number of hydrogen-bond acceptors (Lipinski definition) is 3. The summed E-state index contributed by atoms with van der Waals surface area (Å²) in [6, 6.07) is 13.2. The Morgan fingerprint density at radius 1 is 0.923 bits per heavy atom. The van der Waals surface area contributed by atoms with Crippen LogP contribution >= 0.6 is 22.9 Å². The lowest BCUT2D eigenvalue weighted by atomic mass is 10.1. The normalized spacial score (nSPS) is 10.7. The number of benzene rings is 2. The molecule has 0 aliphatic rings. The van der Waals surface area contributed by atoms with Gasteiger partial charge in [0.05, 0.1) is 22.2 Å². The second-order valence-electron chi connectivity index (χ2n) is 10.2. The maximum Gasteiger partial charge on any atom is 0.255 e. The van der Waals surface area contributed by atoms with Crippen LogP contribution in [0, 0.1) is 6.92 Å². The molecule has 0 atom stereocenters. The van der Waals surface area contributed by atoms with Crippen molar-refractivity contribution in [3.05, 3.63) is 75.2 Å². The van der Waals surface area contributed by atoms with Crippen molar-refractivity contribution in [2.75, 3.05) is 11.9 Å². The fraction of sp³-hybridized carbons (Fsp3) is 0.500. The van der Waals surface area contributed by atoms with E-state index < -0.39 is 0 Å². The number of carbonyl (C=O) groups excluding carboxylic acids is 1. The molecule has 39 heavy (non-hydrogen) atoms. The monoisotopic (exact) mass is 634 g/mol. The number of amides is 1. The van der Waals surface area contributed by atoms with E-state index in [2.05, 4.69) is 35.4 Å². The predicted molar refractivity (Wildman–Crippen MR) is 161 cm³/mol. The Bertz CT molecular complexity index is 1120. The summed E-state index contributed by atoms with van der Waals surface area (Å²) in [6.45, 7) is 5.78. The molecule has 0 saturated carbocycles. The van der Waals surface area contributed by atoms with Gasteiger partial charge in [-0.3, -0.25) is 4.79 Å². The summed E-state index contributed by atoms with van der Waals surface area (Å²) < 4.78 is 8.03. The number of aryl methyl sites for hydroxylation is 1. The van der Waals surface area contributed by atoms with Crippen molar-refractivity contribution in [2.24, 2.45) is 0 Å². The average molecular weight is 636 g/mol. The molecule has 0 bridgehead atoms. The highest BCUT2D eigenvalue weighted by molar-refractivity contribution is 7.09. The number of nitrogens with one attached hydrogen (secondary N) is 1. The number of aromatic nitrogens is 1. The lowest BCUT2D eigenvalue weighted by Gasteiger charge is -2.11. The summed E-state index contributed by atoms with van der Waals surface area (Å²) in [6.07, 6.45) is 18.0. The molecule has 2 aromatic carbocycles. The molecule has 1 N–H and O–H groups in total. The lowest BCUT2D eigenvalue weighted by molar-refractivity contribution is -0.683. The Balaban J connectivity index is 0.00000533. The van der Waals surface area contributed by atoms with Gasteiger partial charge < -0.3 is 27.0 Å². The molecular formula is C32H44BrClN2O2S. The molecule has 0 aliphatic heterocycles. The summed E-state index contributed by atoms with van der Waals surface area (Å²) in [5, 5.41) is 3.41. The van der Waals surface area contributed by atoms with Crippen molar-refractivity contribution < 1.29 is 31.1 Å². The molecule has 0 fully saturated rings. The predicted octanol–water partition coefficient (Wildman–Crippen LogP) is 6.38. The molecule has 3 aromatic rings. The molecule has 214 valence electrons. The van der Waals surface area contributed by atoms with Crippen molar-refractivity contribution in [3.63, 3.8) is 0 Å². The molecule has 0 aliphatic carbocycles. The highest BCUT2D eigenvalue weighted by Gasteiger charge is 2.12. The van der Waals surface area contributed by atoms with Gasteiger partial charge in [0.2, 0.25) is 5.51 Å². The maximum absolute atomic E-state index is 12.9. The highest BCUT2D eigenvalue weighted by Crippen LogP contribution is 2.27. The van der Waals surface area contributed by atoms with Crippen LogP contribution in [0.2, 0.25) is 5.02 Å². The van der Waals surface area contributed by atoms with Crippen molar-refractivity contribution in [1.29, 1.82) is 0 Å². The van der Waals surface area contributed by atoms with Gasteiger partial charge in [-0.15, -0.1) is 0 Å². The van der Waals surface area contributed by atoms with Gasteiger partial charge in [-0.1, -0.05) is 113 Å². The van der Waals surface area contributed by atoms with Gasteiger partial charge in [-0.25, -0.2) is 0 Å². The minimum Gasteiger partial charge on any atom is -1.00 e. The Morgan fingerprint density at radius 2 is 1.59 bits per heavy atom. The smallest absolute Gasteiger partial charge is 0.255 e. The van der Waals surface area contributed by atoms with Gasteiger partial charge in [-0.05, 0) is 37.6 Å². The first kappa shape index (κ1) is 33.3. The fourth-order valence-corrected chi connectivity index (χ4v) is 5.42. The van der Waals surface area contributed by atoms with Crippen molar-refractivity contribution in [3.8, 4) is 5.75 Å². The zero-order chi connectivity index (χ0) is 27.0. The fourth-order valence-electron chi connectivity index (χ4n) is 4.56. The first-order valence-corrected chi connectivity index (χ1v) is 15.6. The van der Waals surface area contributed by atoms with Crippen molar-refractivity contribution in [2.45, 2.75) is 97.4 Å². The van der Waals surface area contributed by atoms with Crippen LogP contribution in [-0.2, 0) is 6.54 Å². The molecular weight excluding hydrogens is 592 g/mol. The van der Waals surface area contributed by atoms with Gasteiger partial charge in [-0.2, -0.15) is 4.57 Å². The number of anilines is 1. The Labute approximate surface area is 254 Å². The zero-order valence-electron chi connectivity index (χ0n) is 23.5. The molecule has 0 spiro atoms. The van der Waals surface area contributed by atoms with E-state index >= 15 is 0 Å². The summed E-state index contributed by atoms with van der Waals surface area (Å²) >= 11 is 8.17. The largest absolute Gasteiger partial charge is 1.00 e. The van der Waals surface area contributed by atoms with E-state index in [0.717, 1.165) is 24.3 Å². The summed E-state index contributed by atoms with van der Waals surface area (Å²) in [7, 11) is 0. The van der Waals surface area contributed by atoms with Gasteiger partial charge in [0, 0.05) is 17.2 Å². The van der Waals surface area contributed by atoms with E-state index in [1.165, 1.54) is 75.5 Å². The number of ether oxygens (including phenoxy) is 1. The van der Waals surface area contributed by atoms with Crippen LogP contribution in [0.1, 0.15) is 105 Å². The topological polar surface area (TPSA) is 42.2 Å². The number of rotatable bonds is 18. The number of halogens is 2. The first-order valence-electron chi connectivity index (χ1n) is 14.3. The average Bonchev–Trinajstić information content (AvgIpc) is 3.32. The number of hydrogen-bond donors (Lipinski definition) is 1. The summed E-state index contributed by atoms with van der Waals surface area (Å²) in [5.41, 5.74) is 4.36. The summed E-state index contributed by atoms with van der Waals surface area (Å²) in [4.78, 5) is 14.1. The Hall–Kier alpha value is -1.89. The molecule has 1 heterocycles. The van der Waals surface area contributed by atoms with E-state index in [0.29, 0.717) is 22.9 Å². The minimum absolute atomic E-state index is 0. The number of nitrogens with zero attached hydrogens (tertiary/aromatic N) is 1. The minimum atomic E-state index is -0.176. The summed E-state index contributed by atoms with van der Waals surface area (Å²) in [5.74, 6) is 0.562. The van der Waals surface area contributed by atoms with Crippen molar-refractivity contribution in [1.82, 2.24) is 0 Å². The molecule has 1 amide bonds.